The minimum absolute atomic E-state index is 0.0963. The lowest BCUT2D eigenvalue weighted by molar-refractivity contribution is -0.126. The Morgan fingerprint density at radius 1 is 1.19 bits per heavy atom. The van der Waals surface area contributed by atoms with Crippen molar-refractivity contribution in [3.63, 3.8) is 0 Å². The Labute approximate surface area is 217 Å². The van der Waals surface area contributed by atoms with Crippen LogP contribution in [0.4, 0.5) is 0 Å². The van der Waals surface area contributed by atoms with Crippen molar-refractivity contribution >= 4 is 62.6 Å². The summed E-state index contributed by atoms with van der Waals surface area (Å²) in [7, 11) is 0. The van der Waals surface area contributed by atoms with E-state index in [-0.39, 0.29) is 23.9 Å². The Morgan fingerprint density at radius 3 is 2.52 bits per heavy atom. The fourth-order valence-corrected chi connectivity index (χ4v) is 7.15. The molecule has 2 aromatic rings. The molecule has 31 heavy (non-hydrogen) atoms. The van der Waals surface area contributed by atoms with Crippen LogP contribution in [0.25, 0.3) is 0 Å². The molecular formula is C25H29ClI2O3. The molecule has 3 rings (SSSR count). The Balaban J connectivity index is 1.89. The van der Waals surface area contributed by atoms with Gasteiger partial charge >= 0.3 is 0 Å². The third-order valence-electron chi connectivity index (χ3n) is 5.95. The smallest absolute Gasteiger partial charge is 0.130 e. The largest absolute Gasteiger partial charge is 0.494 e. The van der Waals surface area contributed by atoms with Gasteiger partial charge in [-0.1, -0.05) is 88.0 Å². The molecule has 0 amide bonds. The quantitative estimate of drug-likeness (QED) is 0.220. The number of carbonyl (C=O) groups excluding carboxylic acids is 1. The second-order valence-corrected chi connectivity index (χ2v) is 11.0. The second-order valence-electron chi connectivity index (χ2n) is 8.23. The molecule has 0 spiro atoms. The van der Waals surface area contributed by atoms with Crippen LogP contribution in [0, 0.1) is 11.8 Å². The molecule has 6 heteroatoms. The summed E-state index contributed by atoms with van der Waals surface area (Å²) in [6.45, 7) is 6.58. The molecule has 1 fully saturated rings. The van der Waals surface area contributed by atoms with E-state index in [0.29, 0.717) is 22.9 Å². The molecule has 0 aromatic heterocycles. The molecule has 2 aromatic carbocycles. The number of benzene rings is 2. The third kappa shape index (κ3) is 6.36. The maximum atomic E-state index is 12.0. The van der Waals surface area contributed by atoms with E-state index in [1.807, 2.05) is 25.1 Å². The van der Waals surface area contributed by atoms with Gasteiger partial charge in [-0.3, -0.25) is 0 Å². The highest BCUT2D eigenvalue weighted by Crippen LogP contribution is 2.45. The summed E-state index contributed by atoms with van der Waals surface area (Å²) in [6, 6.07) is 14.4. The van der Waals surface area contributed by atoms with Crippen molar-refractivity contribution in [2.24, 2.45) is 11.8 Å². The van der Waals surface area contributed by atoms with E-state index in [0.717, 1.165) is 32.7 Å². The molecule has 168 valence electrons. The Morgan fingerprint density at radius 2 is 1.90 bits per heavy atom. The van der Waals surface area contributed by atoms with Crippen molar-refractivity contribution in [1.82, 2.24) is 0 Å². The van der Waals surface area contributed by atoms with E-state index in [2.05, 4.69) is 76.4 Å². The van der Waals surface area contributed by atoms with Gasteiger partial charge in [0.05, 0.1) is 18.8 Å². The number of Topliss-reactive ketones (excluding diaryl/α,β-unsaturated/α-hetero) is 1. The van der Waals surface area contributed by atoms with Crippen LogP contribution in [-0.4, -0.2) is 26.8 Å². The summed E-state index contributed by atoms with van der Waals surface area (Å²) in [4.78, 5) is 12.0. The Hall–Kier alpha value is -0.380. The number of hydrogen-bond acceptors (Lipinski definition) is 3. The molecule has 1 aliphatic rings. The molecule has 0 aliphatic carbocycles. The first-order chi connectivity index (χ1) is 14.8. The molecule has 1 saturated heterocycles. The molecule has 5 unspecified atom stereocenters. The predicted octanol–water partition coefficient (Wildman–Crippen LogP) is 7.24. The van der Waals surface area contributed by atoms with Gasteiger partial charge in [-0.25, -0.2) is 0 Å². The lowest BCUT2D eigenvalue weighted by Gasteiger charge is -2.44. The number of alkyl halides is 2. The molecule has 0 bridgehead atoms. The monoisotopic (exact) mass is 666 g/mol. The van der Waals surface area contributed by atoms with E-state index >= 15 is 0 Å². The van der Waals surface area contributed by atoms with Crippen molar-refractivity contribution in [2.45, 2.75) is 49.7 Å². The number of halogens is 3. The van der Waals surface area contributed by atoms with Crippen molar-refractivity contribution in [1.29, 1.82) is 0 Å². The maximum Gasteiger partial charge on any atom is 0.130 e. The van der Waals surface area contributed by atoms with Crippen LogP contribution >= 0.6 is 56.8 Å². The van der Waals surface area contributed by atoms with Crippen LogP contribution in [0.5, 0.6) is 5.75 Å². The normalized spacial score (nSPS) is 25.9. The van der Waals surface area contributed by atoms with Gasteiger partial charge in [-0.2, -0.15) is 0 Å². The standard InChI is InChI=1S/C25H29ClI2O3/c1-4-30-20-8-5-17(6-9-20)12-19-13-18(7-10-22(19)26)25-21(11-15(2)29)16(3)24(28)23(14-27)31-25/h5-10,13,16,21,23-25H,4,11-12,14H2,1-3H3. The first-order valence-electron chi connectivity index (χ1n) is 10.7. The van der Waals surface area contributed by atoms with Crippen LogP contribution in [0.1, 0.15) is 50.0 Å². The number of ether oxygens (including phenoxy) is 2. The van der Waals surface area contributed by atoms with E-state index in [4.69, 9.17) is 21.1 Å². The van der Waals surface area contributed by atoms with E-state index in [9.17, 15) is 4.79 Å². The van der Waals surface area contributed by atoms with Gasteiger partial charge < -0.3 is 14.3 Å². The molecule has 0 radical (unpaired) electrons. The van der Waals surface area contributed by atoms with Gasteiger partial charge in [0.1, 0.15) is 11.5 Å². The molecule has 5 atom stereocenters. The highest BCUT2D eigenvalue weighted by Gasteiger charge is 2.42. The molecule has 0 N–H and O–H groups in total. The van der Waals surface area contributed by atoms with Gasteiger partial charge in [-0.15, -0.1) is 0 Å². The van der Waals surface area contributed by atoms with Gasteiger partial charge in [-0.05, 0) is 67.0 Å². The fourth-order valence-electron chi connectivity index (χ4n) is 4.28. The van der Waals surface area contributed by atoms with Crippen molar-refractivity contribution in [3.05, 3.63) is 64.2 Å². The van der Waals surface area contributed by atoms with E-state index < -0.39 is 0 Å². The molecule has 1 heterocycles. The van der Waals surface area contributed by atoms with Crippen LogP contribution in [0.3, 0.4) is 0 Å². The van der Waals surface area contributed by atoms with E-state index in [1.165, 1.54) is 5.56 Å². The average Bonchev–Trinajstić information content (AvgIpc) is 2.75. The maximum absolute atomic E-state index is 12.0. The lowest BCUT2D eigenvalue weighted by atomic mass is 9.77. The van der Waals surface area contributed by atoms with E-state index in [1.54, 1.807) is 6.92 Å². The van der Waals surface area contributed by atoms with Crippen LogP contribution in [-0.2, 0) is 16.0 Å². The van der Waals surface area contributed by atoms with Gasteiger partial charge in [0.25, 0.3) is 0 Å². The molecule has 0 saturated carbocycles. The predicted molar refractivity (Wildman–Crippen MR) is 144 cm³/mol. The number of rotatable bonds is 8. The summed E-state index contributed by atoms with van der Waals surface area (Å²) in [5, 5.41) is 0.752. The van der Waals surface area contributed by atoms with Gasteiger partial charge in [0.15, 0.2) is 0 Å². The first-order valence-corrected chi connectivity index (χ1v) is 13.8. The summed E-state index contributed by atoms with van der Waals surface area (Å²) >= 11 is 11.5. The Kier molecular flexibility index (Phi) is 9.49. The van der Waals surface area contributed by atoms with Crippen molar-refractivity contribution < 1.29 is 14.3 Å². The summed E-state index contributed by atoms with van der Waals surface area (Å²) in [6.07, 6.45) is 1.36. The zero-order chi connectivity index (χ0) is 22.5. The van der Waals surface area contributed by atoms with Crippen LogP contribution < -0.4 is 4.74 Å². The SMILES string of the molecule is CCOc1ccc(Cc2cc(C3OC(CI)C(I)C(C)C3CC(C)=O)ccc2Cl)cc1. The fraction of sp³-hybridized carbons (Fsp3) is 0.480. The topological polar surface area (TPSA) is 35.5 Å². The molecule has 1 aliphatic heterocycles. The minimum Gasteiger partial charge on any atom is -0.494 e. The first kappa shape index (κ1) is 25.2. The number of ketones is 1. The Bertz CT molecular complexity index is 887. The van der Waals surface area contributed by atoms with Crippen LogP contribution in [0.15, 0.2) is 42.5 Å². The van der Waals surface area contributed by atoms with Crippen LogP contribution in [0.2, 0.25) is 5.02 Å². The number of carbonyl (C=O) groups is 1. The third-order valence-corrected chi connectivity index (χ3v) is 9.12. The summed E-state index contributed by atoms with van der Waals surface area (Å²) in [5.41, 5.74) is 3.36. The average molecular weight is 667 g/mol. The number of hydrogen-bond donors (Lipinski definition) is 0. The summed E-state index contributed by atoms with van der Waals surface area (Å²) in [5.74, 6) is 1.65. The summed E-state index contributed by atoms with van der Waals surface area (Å²) < 4.78 is 13.5. The minimum atomic E-state index is -0.0963. The zero-order valence-electron chi connectivity index (χ0n) is 18.1. The highest BCUT2D eigenvalue weighted by molar-refractivity contribution is 14.1. The second kappa shape index (κ2) is 11.7. The van der Waals surface area contributed by atoms with Crippen molar-refractivity contribution in [2.75, 3.05) is 11.0 Å². The van der Waals surface area contributed by atoms with Gasteiger partial charge in [0.2, 0.25) is 0 Å². The molecule has 3 nitrogen and oxygen atoms in total. The van der Waals surface area contributed by atoms with Crippen molar-refractivity contribution in [3.8, 4) is 5.75 Å². The molecular weight excluding hydrogens is 638 g/mol. The zero-order valence-corrected chi connectivity index (χ0v) is 23.2. The van der Waals surface area contributed by atoms with Gasteiger partial charge in [0, 0.05) is 19.8 Å². The lowest BCUT2D eigenvalue weighted by Crippen LogP contribution is -2.45. The highest BCUT2D eigenvalue weighted by atomic mass is 127.